The molecule has 24 heavy (non-hydrogen) atoms. The number of hydrogen-bond donors (Lipinski definition) is 1. The van der Waals surface area contributed by atoms with E-state index < -0.39 is 0 Å². The van der Waals surface area contributed by atoms with E-state index >= 15 is 0 Å². The van der Waals surface area contributed by atoms with Gasteiger partial charge in [-0.25, -0.2) is 0 Å². The predicted octanol–water partition coefficient (Wildman–Crippen LogP) is 4.16. The highest BCUT2D eigenvalue weighted by atomic mass is 16.2. The fourth-order valence-corrected chi connectivity index (χ4v) is 3.08. The molecule has 4 rings (SSSR count). The summed E-state index contributed by atoms with van der Waals surface area (Å²) in [5.74, 6) is -0.00300. The van der Waals surface area contributed by atoms with Gasteiger partial charge in [0.25, 0.3) is 5.91 Å². The molecule has 2 aromatic carbocycles. The third-order valence-electron chi connectivity index (χ3n) is 4.23. The van der Waals surface area contributed by atoms with Crippen LogP contribution in [0.3, 0.4) is 0 Å². The Morgan fingerprint density at radius 3 is 2.58 bits per heavy atom. The molecule has 1 aliphatic rings. The number of carbonyl (C=O) groups is 1. The zero-order chi connectivity index (χ0) is 16.5. The van der Waals surface area contributed by atoms with Crippen LogP contribution in [-0.4, -0.2) is 10.9 Å². The molecule has 1 amide bonds. The highest BCUT2D eigenvalue weighted by Crippen LogP contribution is 2.36. The summed E-state index contributed by atoms with van der Waals surface area (Å²) in [5, 5.41) is 3.49. The van der Waals surface area contributed by atoms with Crippen molar-refractivity contribution >= 4 is 17.3 Å². The van der Waals surface area contributed by atoms with Crippen molar-refractivity contribution in [1.82, 2.24) is 4.98 Å². The smallest absolute Gasteiger partial charge is 0.262 e. The van der Waals surface area contributed by atoms with Gasteiger partial charge in [0, 0.05) is 23.8 Å². The van der Waals surface area contributed by atoms with Crippen molar-refractivity contribution in [2.45, 2.75) is 13.1 Å². The lowest BCUT2D eigenvalue weighted by atomic mass is 10.0. The quantitative estimate of drug-likeness (QED) is 0.772. The number of amides is 1. The maximum absolute atomic E-state index is 13.2. The Hall–Kier alpha value is -3.14. The van der Waals surface area contributed by atoms with Gasteiger partial charge in [0.1, 0.15) is 6.17 Å². The van der Waals surface area contributed by atoms with Gasteiger partial charge in [0.2, 0.25) is 0 Å². The summed E-state index contributed by atoms with van der Waals surface area (Å²) in [6.07, 6.45) is 3.23. The minimum atomic E-state index is -0.266. The highest BCUT2D eigenvalue weighted by Gasteiger charge is 2.33. The molecule has 1 N–H and O–H groups in total. The number of nitrogens with zero attached hydrogens (tertiary/aromatic N) is 2. The van der Waals surface area contributed by atoms with Gasteiger partial charge >= 0.3 is 0 Å². The van der Waals surface area contributed by atoms with Gasteiger partial charge in [-0.3, -0.25) is 14.7 Å². The maximum Gasteiger partial charge on any atom is 0.262 e. The third kappa shape index (κ3) is 2.42. The number of para-hydroxylation sites is 1. The fraction of sp³-hybridized carbons (Fsp3) is 0.100. The van der Waals surface area contributed by atoms with Crippen molar-refractivity contribution < 1.29 is 4.79 Å². The summed E-state index contributed by atoms with van der Waals surface area (Å²) in [5.41, 5.74) is 4.53. The van der Waals surface area contributed by atoms with E-state index in [1.807, 2.05) is 72.5 Å². The fourth-order valence-electron chi connectivity index (χ4n) is 3.08. The second kappa shape index (κ2) is 5.81. The second-order valence-electron chi connectivity index (χ2n) is 5.89. The average Bonchev–Trinajstić information content (AvgIpc) is 2.62. The van der Waals surface area contributed by atoms with Crippen molar-refractivity contribution in [3.8, 4) is 0 Å². The van der Waals surface area contributed by atoms with Crippen LogP contribution in [0.2, 0.25) is 0 Å². The lowest BCUT2D eigenvalue weighted by Crippen LogP contribution is -2.43. The van der Waals surface area contributed by atoms with Crippen molar-refractivity contribution in [3.05, 3.63) is 89.7 Å². The Bertz CT molecular complexity index is 892. The van der Waals surface area contributed by atoms with Crippen molar-refractivity contribution in [2.24, 2.45) is 0 Å². The number of benzene rings is 2. The van der Waals surface area contributed by atoms with E-state index in [1.54, 1.807) is 12.4 Å². The van der Waals surface area contributed by atoms with Gasteiger partial charge < -0.3 is 5.32 Å². The van der Waals surface area contributed by atoms with Crippen molar-refractivity contribution in [1.29, 1.82) is 0 Å². The molecule has 0 unspecified atom stereocenters. The van der Waals surface area contributed by atoms with E-state index in [1.165, 1.54) is 0 Å². The molecule has 0 fully saturated rings. The SMILES string of the molecule is Cc1cccc(N2C(=O)c3ccccc3N[C@H]2c2ccncc2)c1. The molecule has 4 nitrogen and oxygen atoms in total. The lowest BCUT2D eigenvalue weighted by molar-refractivity contribution is 0.0975. The summed E-state index contributed by atoms with van der Waals surface area (Å²) in [4.78, 5) is 19.1. The molecule has 0 spiro atoms. The van der Waals surface area contributed by atoms with E-state index in [0.717, 1.165) is 22.5 Å². The number of nitrogens with one attached hydrogen (secondary N) is 1. The number of anilines is 2. The molecule has 1 aliphatic heterocycles. The number of carbonyl (C=O) groups excluding carboxylic acids is 1. The Labute approximate surface area is 140 Å². The molecule has 0 saturated heterocycles. The zero-order valence-electron chi connectivity index (χ0n) is 13.3. The molecule has 4 heteroatoms. The first kappa shape index (κ1) is 14.5. The van der Waals surface area contributed by atoms with E-state index in [2.05, 4.69) is 10.3 Å². The maximum atomic E-state index is 13.2. The van der Waals surface area contributed by atoms with E-state index in [-0.39, 0.29) is 12.1 Å². The molecule has 0 bridgehead atoms. The van der Waals surface area contributed by atoms with Crippen LogP contribution in [0.5, 0.6) is 0 Å². The van der Waals surface area contributed by atoms with E-state index in [9.17, 15) is 4.79 Å². The standard InChI is InChI=1S/C20H17N3O/c1-14-5-4-6-16(13-14)23-19(15-9-11-21-12-10-15)22-18-8-3-2-7-17(18)20(23)24/h2-13,19,22H,1H3/t19-/m1/s1. The minimum absolute atomic E-state index is 0.00300. The molecule has 0 aliphatic carbocycles. The molecule has 1 aromatic heterocycles. The molecule has 2 heterocycles. The van der Waals surface area contributed by atoms with Crippen LogP contribution in [0.15, 0.2) is 73.1 Å². The van der Waals surface area contributed by atoms with Crippen LogP contribution < -0.4 is 10.2 Å². The number of hydrogen-bond acceptors (Lipinski definition) is 3. The van der Waals surface area contributed by atoms with Crippen LogP contribution in [0.1, 0.15) is 27.7 Å². The molecule has 0 saturated carbocycles. The largest absolute Gasteiger partial charge is 0.360 e. The molecule has 0 radical (unpaired) electrons. The average molecular weight is 315 g/mol. The Kier molecular flexibility index (Phi) is 3.50. The van der Waals surface area contributed by atoms with Crippen LogP contribution >= 0.6 is 0 Å². The number of rotatable bonds is 2. The topological polar surface area (TPSA) is 45.2 Å². The van der Waals surface area contributed by atoms with Crippen molar-refractivity contribution in [2.75, 3.05) is 10.2 Å². The first-order valence-corrected chi connectivity index (χ1v) is 7.90. The summed E-state index contributed by atoms with van der Waals surface area (Å²) < 4.78 is 0. The number of aromatic nitrogens is 1. The molecular weight excluding hydrogens is 298 g/mol. The monoisotopic (exact) mass is 315 g/mol. The van der Waals surface area contributed by atoms with Gasteiger partial charge in [0.15, 0.2) is 0 Å². The predicted molar refractivity (Wildman–Crippen MR) is 95.0 cm³/mol. The summed E-state index contributed by atoms with van der Waals surface area (Å²) in [7, 11) is 0. The third-order valence-corrected chi connectivity index (χ3v) is 4.23. The lowest BCUT2D eigenvalue weighted by Gasteiger charge is -2.38. The molecule has 118 valence electrons. The van der Waals surface area contributed by atoms with E-state index in [4.69, 9.17) is 0 Å². The first-order valence-electron chi connectivity index (χ1n) is 7.90. The van der Waals surface area contributed by atoms with Crippen LogP contribution in [0.25, 0.3) is 0 Å². The zero-order valence-corrected chi connectivity index (χ0v) is 13.3. The Morgan fingerprint density at radius 2 is 1.79 bits per heavy atom. The van der Waals surface area contributed by atoms with Gasteiger partial charge in [-0.2, -0.15) is 0 Å². The number of aryl methyl sites for hydroxylation is 1. The van der Waals surface area contributed by atoms with Gasteiger partial charge in [-0.15, -0.1) is 0 Å². The summed E-state index contributed by atoms with van der Waals surface area (Å²) in [6.45, 7) is 2.03. The minimum Gasteiger partial charge on any atom is -0.360 e. The summed E-state index contributed by atoms with van der Waals surface area (Å²) in [6, 6.07) is 19.5. The second-order valence-corrected chi connectivity index (χ2v) is 5.89. The highest BCUT2D eigenvalue weighted by molar-refractivity contribution is 6.12. The van der Waals surface area contributed by atoms with Gasteiger partial charge in [-0.1, -0.05) is 24.3 Å². The summed E-state index contributed by atoms with van der Waals surface area (Å²) >= 11 is 0. The van der Waals surface area contributed by atoms with Gasteiger partial charge in [0.05, 0.1) is 5.56 Å². The Morgan fingerprint density at radius 1 is 1.00 bits per heavy atom. The molecular formula is C20H17N3O. The first-order chi connectivity index (χ1) is 11.7. The van der Waals surface area contributed by atoms with Gasteiger partial charge in [-0.05, 0) is 54.4 Å². The van der Waals surface area contributed by atoms with Crippen molar-refractivity contribution in [3.63, 3.8) is 0 Å². The number of pyridine rings is 1. The Balaban J connectivity index is 1.88. The normalized spacial score (nSPS) is 16.5. The van der Waals surface area contributed by atoms with Crippen LogP contribution in [-0.2, 0) is 0 Å². The number of fused-ring (bicyclic) bond motifs is 1. The molecule has 3 aromatic rings. The molecule has 1 atom stereocenters. The van der Waals surface area contributed by atoms with E-state index in [0.29, 0.717) is 5.56 Å². The van der Waals surface area contributed by atoms with Crippen LogP contribution in [0, 0.1) is 6.92 Å². The van der Waals surface area contributed by atoms with Crippen LogP contribution in [0.4, 0.5) is 11.4 Å².